The zero-order valence-corrected chi connectivity index (χ0v) is 12.7. The summed E-state index contributed by atoms with van der Waals surface area (Å²) >= 11 is 0. The molecule has 2 heterocycles. The van der Waals surface area contributed by atoms with Crippen molar-refractivity contribution in [2.24, 2.45) is 7.05 Å². The van der Waals surface area contributed by atoms with E-state index in [-0.39, 0.29) is 0 Å². The van der Waals surface area contributed by atoms with Crippen LogP contribution in [0.4, 0.5) is 0 Å². The summed E-state index contributed by atoms with van der Waals surface area (Å²) in [4.78, 5) is 4.07. The lowest BCUT2D eigenvalue weighted by molar-refractivity contribution is 0.472. The van der Waals surface area contributed by atoms with Crippen molar-refractivity contribution in [1.82, 2.24) is 24.6 Å². The predicted molar refractivity (Wildman–Crippen MR) is 84.0 cm³/mol. The minimum atomic E-state index is 0.362. The van der Waals surface area contributed by atoms with Crippen LogP contribution in [0, 0.1) is 6.92 Å². The van der Waals surface area contributed by atoms with Gasteiger partial charge in [-0.05, 0) is 26.0 Å². The van der Waals surface area contributed by atoms with E-state index in [0.717, 1.165) is 18.8 Å². The van der Waals surface area contributed by atoms with Gasteiger partial charge in [0.05, 0.1) is 17.5 Å². The Morgan fingerprint density at radius 2 is 2.19 bits per heavy atom. The van der Waals surface area contributed by atoms with Gasteiger partial charge in [0.25, 0.3) is 0 Å². The maximum absolute atomic E-state index is 4.63. The lowest BCUT2D eigenvalue weighted by Crippen LogP contribution is -2.29. The number of fused-ring (bicyclic) bond motifs is 1. The standard InChI is InChI=1S/C16H21N5/c1-12-4-5-16-14(8-12)15(19-20(16)3)9-18-13(2)10-21-7-6-17-11-21/h4-8,11,13,18H,9-10H2,1-3H3/t13-/m1/s1. The molecule has 0 amide bonds. The topological polar surface area (TPSA) is 47.7 Å². The quantitative estimate of drug-likeness (QED) is 0.781. The largest absolute Gasteiger partial charge is 0.336 e. The number of nitrogens with one attached hydrogen (secondary N) is 1. The Kier molecular flexibility index (Phi) is 3.75. The number of hydrogen-bond acceptors (Lipinski definition) is 3. The van der Waals surface area contributed by atoms with Crippen molar-refractivity contribution in [2.45, 2.75) is 33.0 Å². The molecular formula is C16H21N5. The summed E-state index contributed by atoms with van der Waals surface area (Å²) in [6.07, 6.45) is 5.64. The highest BCUT2D eigenvalue weighted by Crippen LogP contribution is 2.19. The zero-order chi connectivity index (χ0) is 14.8. The van der Waals surface area contributed by atoms with Gasteiger partial charge in [0, 0.05) is 44.0 Å². The van der Waals surface area contributed by atoms with Crippen LogP contribution in [-0.4, -0.2) is 25.4 Å². The second-order valence-corrected chi connectivity index (χ2v) is 5.63. The number of hydrogen-bond donors (Lipinski definition) is 1. The predicted octanol–water partition coefficient (Wildman–Crippen LogP) is 2.26. The van der Waals surface area contributed by atoms with E-state index in [0.29, 0.717) is 6.04 Å². The van der Waals surface area contributed by atoms with Gasteiger partial charge in [-0.15, -0.1) is 0 Å². The first-order valence-electron chi connectivity index (χ1n) is 7.25. The monoisotopic (exact) mass is 283 g/mol. The van der Waals surface area contributed by atoms with Crippen LogP contribution < -0.4 is 5.32 Å². The summed E-state index contributed by atoms with van der Waals surface area (Å²) in [5.41, 5.74) is 3.55. The Bertz CT molecular complexity index is 727. The van der Waals surface area contributed by atoms with Gasteiger partial charge in [0.15, 0.2) is 0 Å². The van der Waals surface area contributed by atoms with Crippen molar-refractivity contribution in [3.05, 3.63) is 48.2 Å². The minimum absolute atomic E-state index is 0.362. The van der Waals surface area contributed by atoms with Gasteiger partial charge in [-0.3, -0.25) is 4.68 Å². The molecule has 0 unspecified atom stereocenters. The highest BCUT2D eigenvalue weighted by atomic mass is 15.3. The molecule has 1 aromatic carbocycles. The van der Waals surface area contributed by atoms with Crippen LogP contribution in [0.1, 0.15) is 18.2 Å². The molecule has 0 saturated heterocycles. The highest BCUT2D eigenvalue weighted by Gasteiger charge is 2.10. The van der Waals surface area contributed by atoms with Crippen LogP contribution in [0.25, 0.3) is 10.9 Å². The van der Waals surface area contributed by atoms with Crippen LogP contribution >= 0.6 is 0 Å². The zero-order valence-electron chi connectivity index (χ0n) is 12.7. The molecule has 1 N–H and O–H groups in total. The number of aromatic nitrogens is 4. The molecule has 5 heteroatoms. The van der Waals surface area contributed by atoms with Crippen molar-refractivity contribution in [1.29, 1.82) is 0 Å². The lowest BCUT2D eigenvalue weighted by Gasteiger charge is -2.13. The first-order chi connectivity index (χ1) is 10.1. The fraction of sp³-hybridized carbons (Fsp3) is 0.375. The van der Waals surface area contributed by atoms with E-state index in [9.17, 15) is 0 Å². The van der Waals surface area contributed by atoms with E-state index in [1.165, 1.54) is 16.5 Å². The van der Waals surface area contributed by atoms with Crippen molar-refractivity contribution >= 4 is 10.9 Å². The highest BCUT2D eigenvalue weighted by molar-refractivity contribution is 5.82. The van der Waals surface area contributed by atoms with Crippen LogP contribution in [0.5, 0.6) is 0 Å². The normalized spacial score (nSPS) is 12.9. The molecule has 0 aliphatic rings. The summed E-state index contributed by atoms with van der Waals surface area (Å²) in [7, 11) is 2.00. The number of imidazole rings is 1. The first kappa shape index (κ1) is 13.8. The molecule has 2 aromatic heterocycles. The van der Waals surface area contributed by atoms with Crippen molar-refractivity contribution in [3.63, 3.8) is 0 Å². The number of rotatable bonds is 5. The van der Waals surface area contributed by atoms with E-state index in [2.05, 4.69) is 52.0 Å². The second-order valence-electron chi connectivity index (χ2n) is 5.63. The van der Waals surface area contributed by atoms with Gasteiger partial charge in [-0.25, -0.2) is 4.98 Å². The lowest BCUT2D eigenvalue weighted by atomic mass is 10.1. The SMILES string of the molecule is Cc1ccc2c(c1)c(CN[C@H](C)Cn1ccnc1)nn2C. The second kappa shape index (κ2) is 5.69. The van der Waals surface area contributed by atoms with Crippen molar-refractivity contribution in [2.75, 3.05) is 0 Å². The van der Waals surface area contributed by atoms with E-state index in [1.54, 1.807) is 0 Å². The summed E-state index contributed by atoms with van der Waals surface area (Å²) in [6, 6.07) is 6.83. The van der Waals surface area contributed by atoms with Crippen molar-refractivity contribution < 1.29 is 0 Å². The fourth-order valence-electron chi connectivity index (χ4n) is 2.63. The molecular weight excluding hydrogens is 262 g/mol. The third-order valence-electron chi connectivity index (χ3n) is 3.74. The Hall–Kier alpha value is -2.14. The Labute approximate surface area is 124 Å². The molecule has 0 fully saturated rings. The van der Waals surface area contributed by atoms with Gasteiger partial charge in [0.1, 0.15) is 0 Å². The molecule has 0 saturated carbocycles. The van der Waals surface area contributed by atoms with Gasteiger partial charge in [0.2, 0.25) is 0 Å². The Morgan fingerprint density at radius 1 is 1.33 bits per heavy atom. The molecule has 0 bridgehead atoms. The summed E-state index contributed by atoms with van der Waals surface area (Å²) in [6.45, 7) is 5.97. The van der Waals surface area contributed by atoms with E-state index in [1.807, 2.05) is 30.5 Å². The summed E-state index contributed by atoms with van der Waals surface area (Å²) in [5, 5.41) is 9.41. The average molecular weight is 283 g/mol. The molecule has 21 heavy (non-hydrogen) atoms. The smallest absolute Gasteiger partial charge is 0.0946 e. The van der Waals surface area contributed by atoms with E-state index in [4.69, 9.17) is 0 Å². The Morgan fingerprint density at radius 3 is 2.95 bits per heavy atom. The van der Waals surface area contributed by atoms with E-state index >= 15 is 0 Å². The first-order valence-corrected chi connectivity index (χ1v) is 7.25. The van der Waals surface area contributed by atoms with Gasteiger partial charge >= 0.3 is 0 Å². The number of aryl methyl sites for hydroxylation is 2. The average Bonchev–Trinajstić information content (AvgIpc) is 3.05. The third-order valence-corrected chi connectivity index (χ3v) is 3.74. The van der Waals surface area contributed by atoms with E-state index < -0.39 is 0 Å². The molecule has 110 valence electrons. The molecule has 0 spiro atoms. The minimum Gasteiger partial charge on any atom is -0.336 e. The molecule has 0 aliphatic carbocycles. The molecule has 5 nitrogen and oxygen atoms in total. The maximum Gasteiger partial charge on any atom is 0.0946 e. The molecule has 1 atom stereocenters. The van der Waals surface area contributed by atoms with Gasteiger partial charge < -0.3 is 9.88 Å². The van der Waals surface area contributed by atoms with Crippen molar-refractivity contribution in [3.8, 4) is 0 Å². The molecule has 3 aromatic rings. The van der Waals surface area contributed by atoms with Crippen LogP contribution in [0.15, 0.2) is 36.9 Å². The number of benzene rings is 1. The maximum atomic E-state index is 4.63. The van der Waals surface area contributed by atoms with Crippen LogP contribution in [-0.2, 0) is 20.1 Å². The van der Waals surface area contributed by atoms with Gasteiger partial charge in [-0.1, -0.05) is 11.6 Å². The molecule has 0 radical (unpaired) electrons. The molecule has 0 aliphatic heterocycles. The van der Waals surface area contributed by atoms with Crippen LogP contribution in [0.2, 0.25) is 0 Å². The molecule has 3 rings (SSSR count). The van der Waals surface area contributed by atoms with Gasteiger partial charge in [-0.2, -0.15) is 5.10 Å². The summed E-state index contributed by atoms with van der Waals surface area (Å²) in [5.74, 6) is 0. The fourth-order valence-corrected chi connectivity index (χ4v) is 2.63. The third kappa shape index (κ3) is 2.97. The Balaban J connectivity index is 1.71. The van der Waals surface area contributed by atoms with Crippen LogP contribution in [0.3, 0.4) is 0 Å². The summed E-state index contributed by atoms with van der Waals surface area (Å²) < 4.78 is 4.03. The number of nitrogens with zero attached hydrogens (tertiary/aromatic N) is 4.